The zero-order valence-electron chi connectivity index (χ0n) is 15.1. The van der Waals surface area contributed by atoms with Crippen LogP contribution in [-0.4, -0.2) is 0 Å². The van der Waals surface area contributed by atoms with Crippen molar-refractivity contribution in [3.8, 4) is 0 Å². The van der Waals surface area contributed by atoms with E-state index >= 15 is 0 Å². The first kappa shape index (κ1) is 17.8. The maximum Gasteiger partial charge on any atom is 0.166 e. The van der Waals surface area contributed by atoms with E-state index < -0.39 is 11.7 Å². The largest absolute Gasteiger partial charge is 0.203 e. The van der Waals surface area contributed by atoms with E-state index in [9.17, 15) is 8.78 Å². The van der Waals surface area contributed by atoms with E-state index in [0.717, 1.165) is 11.5 Å². The first-order valence-electron chi connectivity index (χ1n) is 9.31. The van der Waals surface area contributed by atoms with E-state index in [2.05, 4.69) is 6.92 Å². The molecule has 1 saturated carbocycles. The summed E-state index contributed by atoms with van der Waals surface area (Å²) in [7, 11) is 0. The quantitative estimate of drug-likeness (QED) is 0.507. The molecule has 2 aromatic carbocycles. The lowest BCUT2D eigenvalue weighted by Gasteiger charge is -2.28. The van der Waals surface area contributed by atoms with Crippen LogP contribution in [0.5, 0.6) is 0 Å². The summed E-state index contributed by atoms with van der Waals surface area (Å²) in [6.07, 6.45) is 6.22. The smallest absolute Gasteiger partial charge is 0.166 e. The molecule has 0 bridgehead atoms. The van der Waals surface area contributed by atoms with E-state index in [-0.39, 0.29) is 5.56 Å². The van der Waals surface area contributed by atoms with Gasteiger partial charge in [-0.1, -0.05) is 67.4 Å². The highest BCUT2D eigenvalue weighted by atomic mass is 19.2. The molecule has 1 aliphatic rings. The van der Waals surface area contributed by atoms with Gasteiger partial charge in [-0.05, 0) is 50.0 Å². The molecule has 25 heavy (non-hydrogen) atoms. The number of hydrogen-bond acceptors (Lipinski definition) is 0. The van der Waals surface area contributed by atoms with Crippen LogP contribution >= 0.6 is 0 Å². The van der Waals surface area contributed by atoms with Crippen molar-refractivity contribution in [2.24, 2.45) is 5.92 Å². The monoisotopic (exact) mass is 340 g/mol. The first-order chi connectivity index (χ1) is 12.1. The Kier molecular flexibility index (Phi) is 5.67. The molecule has 0 aliphatic heterocycles. The third kappa shape index (κ3) is 4.18. The van der Waals surface area contributed by atoms with Crippen molar-refractivity contribution in [3.05, 3.63) is 70.8 Å². The zero-order chi connectivity index (χ0) is 17.8. The van der Waals surface area contributed by atoms with Crippen LogP contribution in [0.2, 0.25) is 0 Å². The van der Waals surface area contributed by atoms with Crippen LogP contribution in [0.25, 0.3) is 11.7 Å². The molecule has 1 aliphatic carbocycles. The van der Waals surface area contributed by atoms with Gasteiger partial charge in [0.25, 0.3) is 0 Å². The fraction of sp³-hybridized carbons (Fsp3) is 0.391. The summed E-state index contributed by atoms with van der Waals surface area (Å²) >= 11 is 0. The number of aryl methyl sites for hydroxylation is 1. The van der Waals surface area contributed by atoms with Crippen LogP contribution in [0, 0.1) is 12.8 Å². The minimum absolute atomic E-state index is 0.282. The minimum atomic E-state index is -0.795. The van der Waals surface area contributed by atoms with Crippen LogP contribution in [-0.2, 0) is 0 Å². The molecule has 0 N–H and O–H groups in total. The highest BCUT2D eigenvalue weighted by molar-refractivity contribution is 5.83. The Balaban J connectivity index is 1.75. The number of hydrogen-bond donors (Lipinski definition) is 0. The van der Waals surface area contributed by atoms with Gasteiger partial charge in [-0.3, -0.25) is 0 Å². The maximum atomic E-state index is 14.5. The molecule has 0 heterocycles. The molecule has 2 heteroatoms. The molecular weight excluding hydrogens is 314 g/mol. The van der Waals surface area contributed by atoms with E-state index in [1.165, 1.54) is 37.7 Å². The van der Waals surface area contributed by atoms with Crippen molar-refractivity contribution in [1.29, 1.82) is 0 Å². The van der Waals surface area contributed by atoms with Gasteiger partial charge in [-0.15, -0.1) is 0 Å². The molecular formula is C23H26F2. The van der Waals surface area contributed by atoms with Crippen LogP contribution in [0.15, 0.2) is 48.5 Å². The summed E-state index contributed by atoms with van der Waals surface area (Å²) in [5.74, 6) is -0.161. The van der Waals surface area contributed by atoms with Crippen molar-refractivity contribution in [2.75, 3.05) is 0 Å². The second-order valence-corrected chi connectivity index (χ2v) is 7.24. The van der Waals surface area contributed by atoms with E-state index in [4.69, 9.17) is 0 Å². The third-order valence-corrected chi connectivity index (χ3v) is 5.56. The van der Waals surface area contributed by atoms with Crippen LogP contribution < -0.4 is 0 Å². The normalized spacial score (nSPS) is 21.8. The summed E-state index contributed by atoms with van der Waals surface area (Å²) in [6, 6.07) is 14.2. The Morgan fingerprint density at radius 1 is 0.800 bits per heavy atom. The zero-order valence-corrected chi connectivity index (χ0v) is 15.1. The Bertz CT molecular complexity index is 718. The standard InChI is InChI=1S/C23H26F2/c1-3-17-6-10-18(11-7-17)19-12-14-21(15-13-19)23(25)22(24)20-8-4-16(2)5-9-20/h4-5,8-9,12-15,17-18H,3,6-7,10-11H2,1-2H3/b23-22+. The lowest BCUT2D eigenvalue weighted by atomic mass is 9.78. The molecule has 0 amide bonds. The third-order valence-electron chi connectivity index (χ3n) is 5.56. The van der Waals surface area contributed by atoms with Gasteiger partial charge >= 0.3 is 0 Å². The van der Waals surface area contributed by atoms with Gasteiger partial charge in [0, 0.05) is 11.1 Å². The predicted molar refractivity (Wildman–Crippen MR) is 102 cm³/mol. The Morgan fingerprint density at radius 3 is 1.76 bits per heavy atom. The van der Waals surface area contributed by atoms with Crippen LogP contribution in [0.1, 0.15) is 67.2 Å². The Morgan fingerprint density at radius 2 is 1.28 bits per heavy atom. The highest BCUT2D eigenvalue weighted by Crippen LogP contribution is 2.37. The van der Waals surface area contributed by atoms with Crippen molar-refractivity contribution in [1.82, 2.24) is 0 Å². The van der Waals surface area contributed by atoms with Crippen molar-refractivity contribution >= 4 is 11.7 Å². The fourth-order valence-corrected chi connectivity index (χ4v) is 3.76. The lowest BCUT2D eigenvalue weighted by molar-refractivity contribution is 0.319. The fourth-order valence-electron chi connectivity index (χ4n) is 3.76. The molecule has 132 valence electrons. The molecule has 0 spiro atoms. The van der Waals surface area contributed by atoms with E-state index in [1.807, 2.05) is 19.1 Å². The van der Waals surface area contributed by atoms with Gasteiger partial charge < -0.3 is 0 Å². The van der Waals surface area contributed by atoms with Gasteiger partial charge in [-0.25, -0.2) is 8.78 Å². The van der Waals surface area contributed by atoms with Crippen molar-refractivity contribution in [2.45, 2.75) is 51.9 Å². The number of rotatable bonds is 4. The molecule has 0 atom stereocenters. The minimum Gasteiger partial charge on any atom is -0.203 e. The lowest BCUT2D eigenvalue weighted by Crippen LogP contribution is -2.12. The summed E-state index contributed by atoms with van der Waals surface area (Å²) in [4.78, 5) is 0. The molecule has 3 rings (SSSR count). The van der Waals surface area contributed by atoms with Crippen molar-refractivity contribution in [3.63, 3.8) is 0 Å². The van der Waals surface area contributed by atoms with E-state index in [0.29, 0.717) is 11.5 Å². The molecule has 0 saturated heterocycles. The number of benzene rings is 2. The average Bonchev–Trinajstić information content (AvgIpc) is 2.67. The van der Waals surface area contributed by atoms with Crippen LogP contribution in [0.3, 0.4) is 0 Å². The van der Waals surface area contributed by atoms with Crippen LogP contribution in [0.4, 0.5) is 8.78 Å². The average molecular weight is 340 g/mol. The maximum absolute atomic E-state index is 14.5. The number of halogens is 2. The SMILES string of the molecule is CCC1CCC(c2ccc(/C(F)=C(\F)c3ccc(C)cc3)cc2)CC1. The summed E-state index contributed by atoms with van der Waals surface area (Å²) < 4.78 is 28.9. The van der Waals surface area contributed by atoms with Gasteiger partial charge in [0.15, 0.2) is 11.7 Å². The highest BCUT2D eigenvalue weighted by Gasteiger charge is 2.21. The summed E-state index contributed by atoms with van der Waals surface area (Å²) in [5.41, 5.74) is 2.87. The van der Waals surface area contributed by atoms with Gasteiger partial charge in [0.05, 0.1) is 0 Å². The van der Waals surface area contributed by atoms with Crippen molar-refractivity contribution < 1.29 is 8.78 Å². The second-order valence-electron chi connectivity index (χ2n) is 7.24. The van der Waals surface area contributed by atoms with Gasteiger partial charge in [0.2, 0.25) is 0 Å². The van der Waals surface area contributed by atoms with Gasteiger partial charge in [-0.2, -0.15) is 0 Å². The Hall–Kier alpha value is -1.96. The molecule has 0 unspecified atom stereocenters. The van der Waals surface area contributed by atoms with E-state index in [1.54, 1.807) is 36.4 Å². The molecule has 1 fully saturated rings. The van der Waals surface area contributed by atoms with Gasteiger partial charge in [0.1, 0.15) is 0 Å². The molecule has 0 nitrogen and oxygen atoms in total. The second kappa shape index (κ2) is 7.95. The predicted octanol–water partition coefficient (Wildman–Crippen LogP) is 7.44. The first-order valence-corrected chi connectivity index (χ1v) is 9.31. The Labute approximate surface area is 149 Å². The summed E-state index contributed by atoms with van der Waals surface area (Å²) in [5, 5.41) is 0. The topological polar surface area (TPSA) is 0 Å². The molecule has 0 aromatic heterocycles. The summed E-state index contributed by atoms with van der Waals surface area (Å²) in [6.45, 7) is 4.19. The molecule has 0 radical (unpaired) electrons. The molecule has 2 aromatic rings.